The van der Waals surface area contributed by atoms with E-state index in [2.05, 4.69) is 9.82 Å². The van der Waals surface area contributed by atoms with Crippen molar-refractivity contribution in [1.29, 1.82) is 0 Å². The molecule has 0 spiro atoms. The maximum Gasteiger partial charge on any atom is 0.325 e. The number of anilines is 2. The third kappa shape index (κ3) is 3.32. The second kappa shape index (κ2) is 6.52. The number of benzene rings is 1. The van der Waals surface area contributed by atoms with Crippen LogP contribution in [0.1, 0.15) is 11.4 Å². The lowest BCUT2D eigenvalue weighted by atomic mass is 10.2. The summed E-state index contributed by atoms with van der Waals surface area (Å²) in [5.74, 6) is -0.544. The van der Waals surface area contributed by atoms with Gasteiger partial charge in [0.2, 0.25) is 0 Å². The molecule has 1 aromatic heterocycles. The zero-order valence-corrected chi connectivity index (χ0v) is 15.5. The Labute approximate surface area is 151 Å². The van der Waals surface area contributed by atoms with Gasteiger partial charge in [-0.05, 0) is 26.0 Å². The van der Waals surface area contributed by atoms with Gasteiger partial charge in [0.05, 0.1) is 34.2 Å². The average molecular weight is 380 g/mol. The van der Waals surface area contributed by atoms with Gasteiger partial charge in [-0.1, -0.05) is 0 Å². The first kappa shape index (κ1) is 18.1. The van der Waals surface area contributed by atoms with Crippen molar-refractivity contribution >= 4 is 27.4 Å². The number of rotatable bonds is 5. The van der Waals surface area contributed by atoms with Crippen LogP contribution in [0.5, 0.6) is 5.75 Å². The number of carboxylic acid groups (broad SMARTS) is 1. The molecule has 1 aromatic carbocycles. The topological polar surface area (TPSA) is 114 Å². The monoisotopic (exact) mass is 380 g/mol. The Hall–Kier alpha value is -2.75. The fourth-order valence-electron chi connectivity index (χ4n) is 2.83. The van der Waals surface area contributed by atoms with E-state index in [1.54, 1.807) is 19.9 Å². The first-order valence-electron chi connectivity index (χ1n) is 7.95. The molecular weight excluding hydrogens is 360 g/mol. The molecule has 3 rings (SSSR count). The molecule has 0 bridgehead atoms. The minimum absolute atomic E-state index is 0.0661. The minimum atomic E-state index is -3.87. The number of aryl methyl sites for hydroxylation is 1. The van der Waals surface area contributed by atoms with E-state index in [4.69, 9.17) is 9.84 Å². The third-order valence-electron chi connectivity index (χ3n) is 4.24. The van der Waals surface area contributed by atoms with Crippen LogP contribution in [0.15, 0.2) is 23.1 Å². The molecule has 0 aliphatic carbocycles. The normalized spacial score (nSPS) is 13.9. The number of hydrogen-bond acceptors (Lipinski definition) is 6. The number of aromatic nitrogens is 2. The second-order valence-electron chi connectivity index (χ2n) is 6.10. The maximum atomic E-state index is 12.8. The van der Waals surface area contributed by atoms with Crippen LogP contribution in [0.2, 0.25) is 0 Å². The zero-order valence-electron chi connectivity index (χ0n) is 14.7. The van der Waals surface area contributed by atoms with Crippen LogP contribution >= 0.6 is 0 Å². The van der Waals surface area contributed by atoms with Crippen LogP contribution in [0.4, 0.5) is 11.4 Å². The van der Waals surface area contributed by atoms with Crippen LogP contribution in [-0.4, -0.2) is 49.5 Å². The summed E-state index contributed by atoms with van der Waals surface area (Å²) in [6.45, 7) is 4.12. The van der Waals surface area contributed by atoms with Crippen molar-refractivity contribution in [3.8, 4) is 5.75 Å². The van der Waals surface area contributed by atoms with Gasteiger partial charge < -0.3 is 14.7 Å². The largest absolute Gasteiger partial charge is 0.490 e. The quantitative estimate of drug-likeness (QED) is 0.801. The van der Waals surface area contributed by atoms with Gasteiger partial charge in [0.1, 0.15) is 18.9 Å². The standard InChI is InChI=1S/C16H20N4O5S/c1-10-16(11(2)20(17-10)9-15(21)22)18-26(23,24)12-4-5-13-14(8-12)25-7-6-19(13)3/h4-5,8,18H,6-7,9H2,1-3H3,(H,21,22). The number of nitrogens with one attached hydrogen (secondary N) is 1. The molecule has 0 saturated carbocycles. The molecule has 2 heterocycles. The maximum absolute atomic E-state index is 12.8. The summed E-state index contributed by atoms with van der Waals surface area (Å²) in [7, 11) is -1.96. The molecule has 0 radical (unpaired) electrons. The predicted molar refractivity (Wildman–Crippen MR) is 95.4 cm³/mol. The number of fused-ring (bicyclic) bond motifs is 1. The summed E-state index contributed by atoms with van der Waals surface area (Å²) >= 11 is 0. The Kier molecular flexibility index (Phi) is 4.53. The van der Waals surface area contributed by atoms with Gasteiger partial charge >= 0.3 is 5.97 Å². The molecule has 0 fully saturated rings. The highest BCUT2D eigenvalue weighted by Gasteiger charge is 2.23. The number of hydrogen-bond donors (Lipinski definition) is 2. The molecule has 1 aliphatic rings. The van der Waals surface area contributed by atoms with Gasteiger partial charge in [0, 0.05) is 13.1 Å². The Morgan fingerprint density at radius 3 is 2.81 bits per heavy atom. The van der Waals surface area contributed by atoms with Crippen LogP contribution in [0.25, 0.3) is 0 Å². The Morgan fingerprint density at radius 1 is 1.38 bits per heavy atom. The fourth-order valence-corrected chi connectivity index (χ4v) is 4.02. The molecule has 140 valence electrons. The smallest absolute Gasteiger partial charge is 0.325 e. The first-order chi connectivity index (χ1) is 12.2. The lowest BCUT2D eigenvalue weighted by molar-refractivity contribution is -0.137. The van der Waals surface area contributed by atoms with Gasteiger partial charge in [0.25, 0.3) is 10.0 Å². The lowest BCUT2D eigenvalue weighted by Crippen LogP contribution is -2.29. The summed E-state index contributed by atoms with van der Waals surface area (Å²) in [6, 6.07) is 4.70. The van der Waals surface area contributed by atoms with Crippen molar-refractivity contribution in [1.82, 2.24) is 9.78 Å². The number of carbonyl (C=O) groups is 1. The number of carboxylic acids is 1. The highest BCUT2D eigenvalue weighted by Crippen LogP contribution is 2.33. The molecule has 1 aliphatic heterocycles. The molecule has 0 unspecified atom stereocenters. The van der Waals surface area contributed by atoms with Gasteiger partial charge in [-0.15, -0.1) is 0 Å². The van der Waals surface area contributed by atoms with Crippen molar-refractivity contribution in [3.05, 3.63) is 29.6 Å². The summed E-state index contributed by atoms with van der Waals surface area (Å²) in [5, 5.41) is 13.0. The Bertz CT molecular complexity index is 967. The van der Waals surface area contributed by atoms with E-state index in [9.17, 15) is 13.2 Å². The molecule has 0 atom stereocenters. The number of sulfonamides is 1. The summed E-state index contributed by atoms with van der Waals surface area (Å²) in [5.41, 5.74) is 1.95. The predicted octanol–water partition coefficient (Wildman–Crippen LogP) is 1.21. The van der Waals surface area contributed by atoms with Crippen molar-refractivity contribution in [2.45, 2.75) is 25.3 Å². The molecule has 2 N–H and O–H groups in total. The number of likely N-dealkylation sites (N-methyl/N-ethyl adjacent to an activating group) is 1. The van der Waals surface area contributed by atoms with Gasteiger partial charge in [-0.25, -0.2) is 8.42 Å². The van der Waals surface area contributed by atoms with E-state index in [1.165, 1.54) is 16.8 Å². The van der Waals surface area contributed by atoms with E-state index < -0.39 is 16.0 Å². The SMILES string of the molecule is Cc1nn(CC(=O)O)c(C)c1NS(=O)(=O)c1ccc2c(c1)OCCN2C. The lowest BCUT2D eigenvalue weighted by Gasteiger charge is -2.27. The summed E-state index contributed by atoms with van der Waals surface area (Å²) < 4.78 is 34.9. The van der Waals surface area contributed by atoms with Crippen molar-refractivity contribution in [2.75, 3.05) is 29.8 Å². The van der Waals surface area contributed by atoms with Crippen molar-refractivity contribution in [3.63, 3.8) is 0 Å². The van der Waals surface area contributed by atoms with E-state index in [0.29, 0.717) is 23.7 Å². The van der Waals surface area contributed by atoms with Gasteiger partial charge in [0.15, 0.2) is 0 Å². The summed E-state index contributed by atoms with van der Waals surface area (Å²) in [4.78, 5) is 13.0. The zero-order chi connectivity index (χ0) is 19.1. The highest BCUT2D eigenvalue weighted by atomic mass is 32.2. The third-order valence-corrected chi connectivity index (χ3v) is 5.59. The van der Waals surface area contributed by atoms with Crippen molar-refractivity contribution < 1.29 is 23.1 Å². The molecule has 10 heteroatoms. The van der Waals surface area contributed by atoms with Crippen molar-refractivity contribution in [2.24, 2.45) is 0 Å². The van der Waals surface area contributed by atoms with Gasteiger partial charge in [-0.2, -0.15) is 5.10 Å². The van der Waals surface area contributed by atoms with E-state index >= 15 is 0 Å². The number of ether oxygens (including phenoxy) is 1. The average Bonchev–Trinajstić information content (AvgIpc) is 2.81. The first-order valence-corrected chi connectivity index (χ1v) is 9.44. The number of nitrogens with zero attached hydrogens (tertiary/aromatic N) is 3. The Balaban J connectivity index is 1.93. The molecule has 0 amide bonds. The van der Waals surface area contributed by atoms with Crippen LogP contribution in [0.3, 0.4) is 0 Å². The van der Waals surface area contributed by atoms with Crippen LogP contribution in [-0.2, 0) is 21.4 Å². The molecular formula is C16H20N4O5S. The molecule has 2 aromatic rings. The highest BCUT2D eigenvalue weighted by molar-refractivity contribution is 7.92. The molecule has 26 heavy (non-hydrogen) atoms. The van der Waals surface area contributed by atoms with Crippen LogP contribution < -0.4 is 14.4 Å². The second-order valence-corrected chi connectivity index (χ2v) is 7.78. The Morgan fingerprint density at radius 2 is 2.12 bits per heavy atom. The molecule has 9 nitrogen and oxygen atoms in total. The van der Waals surface area contributed by atoms with E-state index in [0.717, 1.165) is 12.2 Å². The van der Waals surface area contributed by atoms with E-state index in [-0.39, 0.29) is 17.1 Å². The fraction of sp³-hybridized carbons (Fsp3) is 0.375. The summed E-state index contributed by atoms with van der Waals surface area (Å²) in [6.07, 6.45) is 0. The van der Waals surface area contributed by atoms with Crippen LogP contribution in [0, 0.1) is 13.8 Å². The molecule has 0 saturated heterocycles. The minimum Gasteiger partial charge on any atom is -0.490 e. The number of aliphatic carboxylic acids is 1. The van der Waals surface area contributed by atoms with E-state index in [1.807, 2.05) is 11.9 Å². The van der Waals surface area contributed by atoms with Gasteiger partial charge in [-0.3, -0.25) is 14.2 Å².